The lowest BCUT2D eigenvalue weighted by molar-refractivity contribution is -0.139. The highest BCUT2D eigenvalue weighted by Crippen LogP contribution is 2.45. The second-order valence-corrected chi connectivity index (χ2v) is 17.2. The summed E-state index contributed by atoms with van der Waals surface area (Å²) in [7, 11) is -2.58. The topological polar surface area (TPSA) is 165 Å². The molecule has 7 rings (SSSR count). The number of sulfonamides is 1. The van der Waals surface area contributed by atoms with Crippen molar-refractivity contribution in [3.63, 3.8) is 0 Å². The molecule has 0 saturated carbocycles. The van der Waals surface area contributed by atoms with E-state index in [1.807, 2.05) is 81.4 Å². The number of alkyl carbamates (subject to hydrolysis) is 1. The van der Waals surface area contributed by atoms with E-state index < -0.39 is 33.7 Å². The summed E-state index contributed by atoms with van der Waals surface area (Å²) in [6.07, 6.45) is -0.283. The average molecular weight is 817 g/mol. The van der Waals surface area contributed by atoms with E-state index in [4.69, 9.17) is 14.2 Å². The molecule has 13 heteroatoms. The largest absolute Gasteiger partial charge is 0.497 e. The minimum atomic E-state index is -4.16. The van der Waals surface area contributed by atoms with Gasteiger partial charge in [-0.2, -0.15) is 0 Å². The fraction of sp³-hybridized carbons (Fsp3) is 0.283. The van der Waals surface area contributed by atoms with Gasteiger partial charge in [-0.3, -0.25) is 0 Å². The lowest BCUT2D eigenvalue weighted by atomic mass is 9.94. The number of anilines is 1. The Hall–Kier alpha value is -6.34. The van der Waals surface area contributed by atoms with Gasteiger partial charge in [-0.05, 0) is 109 Å². The van der Waals surface area contributed by atoms with Crippen molar-refractivity contribution in [1.29, 1.82) is 0 Å². The molecule has 2 aliphatic rings. The molecule has 0 saturated heterocycles. The molecule has 0 bridgehead atoms. The summed E-state index contributed by atoms with van der Waals surface area (Å²) < 4.78 is 48.3. The maximum atomic E-state index is 14.3. The summed E-state index contributed by atoms with van der Waals surface area (Å²) in [5, 5.41) is 15.7. The predicted octanol–water partition coefficient (Wildman–Crippen LogP) is 7.81. The zero-order valence-electron chi connectivity index (χ0n) is 33.9. The number of nitrogens with one attached hydrogen (secondary N) is 3. The van der Waals surface area contributed by atoms with Gasteiger partial charge in [-0.1, -0.05) is 72.8 Å². The van der Waals surface area contributed by atoms with Gasteiger partial charge >= 0.3 is 12.1 Å². The molecule has 0 unspecified atom stereocenters. The van der Waals surface area contributed by atoms with Crippen molar-refractivity contribution >= 4 is 33.7 Å². The number of nitrogens with zero attached hydrogens (tertiary/aromatic N) is 1. The van der Waals surface area contributed by atoms with Crippen molar-refractivity contribution in [2.75, 3.05) is 19.0 Å². The SMILES string of the molecule is COc1ccc(C/N=C(/Nc2ccc(C[C@H](NC(=O)OCC3c4ccccc4-c4ccccc43)C(=O)O)cc2)NS(=O)(=O)c2c(C)c(C)c3c(c2C)CC(C)(C)O3)cc1. The molecule has 0 spiro atoms. The van der Waals surface area contributed by atoms with E-state index in [1.165, 1.54) is 0 Å². The number of hydrogen-bond acceptors (Lipinski definition) is 8. The second kappa shape index (κ2) is 16.5. The summed E-state index contributed by atoms with van der Waals surface area (Å²) in [6.45, 7) is 9.62. The van der Waals surface area contributed by atoms with Gasteiger partial charge in [-0.15, -0.1) is 0 Å². The Bertz CT molecular complexity index is 2510. The minimum Gasteiger partial charge on any atom is -0.497 e. The van der Waals surface area contributed by atoms with Gasteiger partial charge in [0.05, 0.1) is 18.6 Å². The Morgan fingerprint density at radius 3 is 2.08 bits per heavy atom. The fourth-order valence-corrected chi connectivity index (χ4v) is 9.46. The highest BCUT2D eigenvalue weighted by molar-refractivity contribution is 7.90. The van der Waals surface area contributed by atoms with E-state index in [2.05, 4.69) is 20.3 Å². The van der Waals surface area contributed by atoms with E-state index in [9.17, 15) is 23.1 Å². The predicted molar refractivity (Wildman–Crippen MR) is 227 cm³/mol. The van der Waals surface area contributed by atoms with Crippen LogP contribution in [0.1, 0.15) is 64.3 Å². The van der Waals surface area contributed by atoms with Gasteiger partial charge in [0, 0.05) is 30.0 Å². The van der Waals surface area contributed by atoms with Gasteiger partial charge in [0.25, 0.3) is 10.0 Å². The van der Waals surface area contributed by atoms with Gasteiger partial charge in [-0.25, -0.2) is 27.7 Å². The number of carboxylic acids is 1. The number of amides is 1. The Labute approximate surface area is 344 Å². The van der Waals surface area contributed by atoms with E-state index in [1.54, 1.807) is 57.4 Å². The molecule has 5 aromatic carbocycles. The third-order valence-corrected chi connectivity index (χ3v) is 12.6. The molecule has 0 aromatic heterocycles. The van der Waals surface area contributed by atoms with Crippen LogP contribution in [0.2, 0.25) is 0 Å². The summed E-state index contributed by atoms with van der Waals surface area (Å²) in [5.74, 6) is 0.0147. The highest BCUT2D eigenvalue weighted by atomic mass is 32.2. The Morgan fingerprint density at radius 1 is 0.864 bits per heavy atom. The van der Waals surface area contributed by atoms with Crippen molar-refractivity contribution in [2.45, 2.75) is 76.5 Å². The second-order valence-electron chi connectivity index (χ2n) is 15.6. The monoisotopic (exact) mass is 816 g/mol. The highest BCUT2D eigenvalue weighted by Gasteiger charge is 2.37. The fourth-order valence-electron chi connectivity index (χ4n) is 7.90. The smallest absolute Gasteiger partial charge is 0.407 e. The van der Waals surface area contributed by atoms with Crippen LogP contribution in [0.3, 0.4) is 0 Å². The number of hydrogen-bond donors (Lipinski definition) is 4. The molecule has 1 atom stereocenters. The average Bonchev–Trinajstić information content (AvgIpc) is 3.72. The normalized spacial score (nSPS) is 14.6. The molecule has 4 N–H and O–H groups in total. The van der Waals surface area contributed by atoms with Crippen molar-refractivity contribution in [3.8, 4) is 22.6 Å². The molecule has 12 nitrogen and oxygen atoms in total. The molecule has 1 amide bonds. The minimum absolute atomic E-state index is 0.0116. The first-order valence-corrected chi connectivity index (χ1v) is 20.8. The van der Waals surface area contributed by atoms with Crippen molar-refractivity contribution in [3.05, 3.63) is 142 Å². The summed E-state index contributed by atoms with van der Waals surface area (Å²) in [5.41, 5.74) is 8.60. The van der Waals surface area contributed by atoms with Gasteiger partial charge in [0.1, 0.15) is 29.7 Å². The number of aliphatic carboxylic acids is 1. The zero-order chi connectivity index (χ0) is 42.1. The van der Waals surface area contributed by atoms with Crippen LogP contribution >= 0.6 is 0 Å². The first-order chi connectivity index (χ1) is 28.1. The van der Waals surface area contributed by atoms with Gasteiger partial charge in [0.15, 0.2) is 0 Å². The van der Waals surface area contributed by atoms with Crippen LogP contribution in [0.15, 0.2) is 107 Å². The molecule has 306 valence electrons. The lowest BCUT2D eigenvalue weighted by Gasteiger charge is -2.20. The van der Waals surface area contributed by atoms with E-state index in [-0.39, 0.29) is 36.3 Å². The van der Waals surface area contributed by atoms with E-state index in [0.717, 1.165) is 44.7 Å². The van der Waals surface area contributed by atoms with Crippen LogP contribution in [0.5, 0.6) is 11.5 Å². The molecule has 1 aliphatic heterocycles. The number of carbonyl (C=O) groups is 2. The number of methoxy groups -OCH3 is 1. The maximum absolute atomic E-state index is 14.3. The standard InChI is InChI=1S/C46H48N4O8S/c1-27-28(2)42(29(3)38-24-46(4,5)58-41(27)38)59(54,55)50-44(47-25-31-17-21-33(56-6)22-18-31)48-32-19-15-30(16-20-32)23-40(43(51)52)49-45(53)57-26-39-36-13-9-7-11-34(36)35-12-8-10-14-37(35)39/h7-22,39-40H,23-26H2,1-6H3,(H,49,53)(H,51,52)(H2,47,48,50)/t40-/m0/s1. The lowest BCUT2D eigenvalue weighted by Crippen LogP contribution is -2.42. The summed E-state index contributed by atoms with van der Waals surface area (Å²) in [4.78, 5) is 30.1. The van der Waals surface area contributed by atoms with Crippen molar-refractivity contribution in [2.24, 2.45) is 4.99 Å². The van der Waals surface area contributed by atoms with Crippen LogP contribution in [-0.2, 0) is 38.9 Å². The Balaban J connectivity index is 1.06. The van der Waals surface area contributed by atoms with E-state index >= 15 is 0 Å². The van der Waals surface area contributed by atoms with Crippen LogP contribution in [-0.4, -0.2) is 56.9 Å². The number of fused-ring (bicyclic) bond motifs is 4. The van der Waals surface area contributed by atoms with E-state index in [0.29, 0.717) is 34.5 Å². The molecule has 1 heterocycles. The molecule has 0 radical (unpaired) electrons. The molecule has 5 aromatic rings. The zero-order valence-corrected chi connectivity index (χ0v) is 34.7. The molecule has 59 heavy (non-hydrogen) atoms. The number of ether oxygens (including phenoxy) is 3. The Kier molecular flexibility index (Phi) is 11.4. The van der Waals surface area contributed by atoms with Crippen LogP contribution < -0.4 is 24.8 Å². The molecule has 1 aliphatic carbocycles. The van der Waals surface area contributed by atoms with Gasteiger partial charge in [0.2, 0.25) is 5.96 Å². The Morgan fingerprint density at radius 2 is 1.47 bits per heavy atom. The van der Waals surface area contributed by atoms with Crippen LogP contribution in [0.25, 0.3) is 11.1 Å². The quantitative estimate of drug-likeness (QED) is 0.0726. The number of carboxylic acid groups (broad SMARTS) is 1. The third kappa shape index (κ3) is 8.75. The number of aliphatic imine (C=N–C) groups is 1. The van der Waals surface area contributed by atoms with Crippen molar-refractivity contribution < 1.29 is 37.3 Å². The molecular weight excluding hydrogens is 769 g/mol. The van der Waals surface area contributed by atoms with Crippen LogP contribution in [0.4, 0.5) is 10.5 Å². The first kappa shape index (κ1) is 40.8. The first-order valence-electron chi connectivity index (χ1n) is 19.4. The van der Waals surface area contributed by atoms with Gasteiger partial charge < -0.3 is 30.0 Å². The number of rotatable bonds is 12. The maximum Gasteiger partial charge on any atom is 0.407 e. The molecular formula is C46H48N4O8S. The number of benzene rings is 5. The number of carbonyl (C=O) groups excluding carboxylic acids is 1. The number of guanidine groups is 1. The summed E-state index contributed by atoms with van der Waals surface area (Å²) in [6, 6.07) is 28.7. The summed E-state index contributed by atoms with van der Waals surface area (Å²) >= 11 is 0. The van der Waals surface area contributed by atoms with Crippen LogP contribution in [0, 0.1) is 20.8 Å². The van der Waals surface area contributed by atoms with Crippen molar-refractivity contribution in [1.82, 2.24) is 10.0 Å². The third-order valence-electron chi connectivity index (χ3n) is 11.0. The molecule has 0 fully saturated rings.